The monoisotopic (exact) mass is 283 g/mol. The zero-order valence-electron chi connectivity index (χ0n) is 10.6. The highest BCUT2D eigenvalue weighted by molar-refractivity contribution is 5.46. The van der Waals surface area contributed by atoms with E-state index in [-0.39, 0.29) is 11.6 Å². The zero-order chi connectivity index (χ0) is 14.8. The second kappa shape index (κ2) is 5.36. The Morgan fingerprint density at radius 1 is 1.15 bits per heavy atom. The number of benzene rings is 1. The minimum atomic E-state index is -4.37. The SMILES string of the molecule is CCc1c(N)ncnc1Oc1ccc(C(F)(F)F)cc1. The third-order valence-corrected chi connectivity index (χ3v) is 2.69. The highest BCUT2D eigenvalue weighted by atomic mass is 19.4. The molecule has 2 rings (SSSR count). The van der Waals surface area contributed by atoms with Crippen LogP contribution < -0.4 is 10.5 Å². The molecule has 1 heterocycles. The number of anilines is 1. The molecule has 20 heavy (non-hydrogen) atoms. The number of nitrogen functional groups attached to an aromatic ring is 1. The average molecular weight is 283 g/mol. The van der Waals surface area contributed by atoms with E-state index in [9.17, 15) is 13.2 Å². The van der Waals surface area contributed by atoms with Gasteiger partial charge in [0.2, 0.25) is 5.88 Å². The molecule has 2 aromatic rings. The molecule has 0 bridgehead atoms. The van der Waals surface area contributed by atoms with Gasteiger partial charge in [0.25, 0.3) is 0 Å². The van der Waals surface area contributed by atoms with Crippen molar-refractivity contribution in [3.05, 3.63) is 41.7 Å². The molecule has 1 aromatic carbocycles. The first kappa shape index (κ1) is 14.1. The Labute approximate surface area is 113 Å². The fraction of sp³-hybridized carbons (Fsp3) is 0.231. The largest absolute Gasteiger partial charge is 0.439 e. The van der Waals surface area contributed by atoms with Gasteiger partial charge < -0.3 is 10.5 Å². The van der Waals surface area contributed by atoms with E-state index in [1.165, 1.54) is 18.5 Å². The van der Waals surface area contributed by atoms with Crippen molar-refractivity contribution < 1.29 is 17.9 Å². The summed E-state index contributed by atoms with van der Waals surface area (Å²) >= 11 is 0. The van der Waals surface area contributed by atoms with E-state index in [2.05, 4.69) is 9.97 Å². The van der Waals surface area contributed by atoms with Crippen LogP contribution in [0.2, 0.25) is 0 Å². The summed E-state index contributed by atoms with van der Waals surface area (Å²) in [6, 6.07) is 4.37. The van der Waals surface area contributed by atoms with Gasteiger partial charge in [-0.3, -0.25) is 0 Å². The molecule has 2 N–H and O–H groups in total. The van der Waals surface area contributed by atoms with E-state index >= 15 is 0 Å². The van der Waals surface area contributed by atoms with E-state index in [4.69, 9.17) is 10.5 Å². The Bertz CT molecular complexity index is 597. The van der Waals surface area contributed by atoms with Gasteiger partial charge in [-0.05, 0) is 30.7 Å². The Morgan fingerprint density at radius 2 is 1.80 bits per heavy atom. The Morgan fingerprint density at radius 3 is 2.35 bits per heavy atom. The third-order valence-electron chi connectivity index (χ3n) is 2.69. The molecule has 0 aliphatic heterocycles. The van der Waals surface area contributed by atoms with Gasteiger partial charge in [-0.15, -0.1) is 0 Å². The van der Waals surface area contributed by atoms with E-state index in [1.807, 2.05) is 6.92 Å². The highest BCUT2D eigenvalue weighted by Gasteiger charge is 2.30. The average Bonchev–Trinajstić information content (AvgIpc) is 2.38. The van der Waals surface area contributed by atoms with Gasteiger partial charge in [0.15, 0.2) is 0 Å². The predicted octanol–water partition coefficient (Wildman–Crippen LogP) is 3.43. The summed E-state index contributed by atoms with van der Waals surface area (Å²) in [5.41, 5.74) is 5.57. The lowest BCUT2D eigenvalue weighted by molar-refractivity contribution is -0.137. The summed E-state index contributed by atoms with van der Waals surface area (Å²) in [5.74, 6) is 0.801. The molecule has 0 amide bonds. The summed E-state index contributed by atoms with van der Waals surface area (Å²) in [6.07, 6.45) is -2.57. The molecule has 0 aliphatic carbocycles. The van der Waals surface area contributed by atoms with Crippen LogP contribution in [0.5, 0.6) is 11.6 Å². The fourth-order valence-corrected chi connectivity index (χ4v) is 1.65. The number of nitrogens with two attached hydrogens (primary N) is 1. The molecule has 1 aromatic heterocycles. The maximum Gasteiger partial charge on any atom is 0.416 e. The first-order chi connectivity index (χ1) is 9.41. The smallest absolute Gasteiger partial charge is 0.416 e. The van der Waals surface area contributed by atoms with Crippen molar-refractivity contribution in [1.29, 1.82) is 0 Å². The number of hydrogen-bond acceptors (Lipinski definition) is 4. The molecule has 0 fully saturated rings. The lowest BCUT2D eigenvalue weighted by Gasteiger charge is -2.11. The Hall–Kier alpha value is -2.31. The normalized spacial score (nSPS) is 11.4. The van der Waals surface area contributed by atoms with Crippen LogP contribution >= 0.6 is 0 Å². The molecular formula is C13H12F3N3O. The van der Waals surface area contributed by atoms with Crippen LogP contribution in [0.1, 0.15) is 18.1 Å². The van der Waals surface area contributed by atoms with E-state index in [0.717, 1.165) is 12.1 Å². The summed E-state index contributed by atoms with van der Waals surface area (Å²) in [6.45, 7) is 1.86. The van der Waals surface area contributed by atoms with Crippen LogP contribution in [0.15, 0.2) is 30.6 Å². The maximum atomic E-state index is 12.4. The first-order valence-corrected chi connectivity index (χ1v) is 5.86. The van der Waals surface area contributed by atoms with Crippen molar-refractivity contribution in [3.8, 4) is 11.6 Å². The molecule has 0 spiro atoms. The quantitative estimate of drug-likeness (QED) is 0.937. The van der Waals surface area contributed by atoms with Crippen LogP contribution in [0.25, 0.3) is 0 Å². The van der Waals surface area contributed by atoms with Crippen LogP contribution in [-0.4, -0.2) is 9.97 Å². The second-order valence-electron chi connectivity index (χ2n) is 4.02. The molecule has 106 valence electrons. The Balaban J connectivity index is 2.25. The summed E-state index contributed by atoms with van der Waals surface area (Å²) in [4.78, 5) is 7.78. The molecule has 0 unspecified atom stereocenters. The number of rotatable bonds is 3. The highest BCUT2D eigenvalue weighted by Crippen LogP contribution is 2.32. The third kappa shape index (κ3) is 2.98. The second-order valence-corrected chi connectivity index (χ2v) is 4.02. The standard InChI is InChI=1S/C13H12F3N3O/c1-2-10-11(17)18-7-19-12(10)20-9-5-3-8(4-6-9)13(14,15)16/h3-7H,2H2,1H3,(H2,17,18,19). The van der Waals surface area contributed by atoms with Gasteiger partial charge >= 0.3 is 6.18 Å². The van der Waals surface area contributed by atoms with Gasteiger partial charge in [0.1, 0.15) is 17.9 Å². The topological polar surface area (TPSA) is 61.0 Å². The van der Waals surface area contributed by atoms with E-state index in [0.29, 0.717) is 17.8 Å². The maximum absolute atomic E-state index is 12.4. The van der Waals surface area contributed by atoms with E-state index in [1.54, 1.807) is 0 Å². The summed E-state index contributed by atoms with van der Waals surface area (Å²) < 4.78 is 42.8. The fourth-order valence-electron chi connectivity index (χ4n) is 1.65. The van der Waals surface area contributed by atoms with Gasteiger partial charge in [-0.2, -0.15) is 13.2 Å². The van der Waals surface area contributed by atoms with Crippen molar-refractivity contribution in [3.63, 3.8) is 0 Å². The van der Waals surface area contributed by atoms with Crippen molar-refractivity contribution in [2.24, 2.45) is 0 Å². The van der Waals surface area contributed by atoms with Crippen molar-refractivity contribution in [1.82, 2.24) is 9.97 Å². The van der Waals surface area contributed by atoms with Crippen LogP contribution in [-0.2, 0) is 12.6 Å². The molecule has 0 aliphatic rings. The zero-order valence-corrected chi connectivity index (χ0v) is 10.6. The van der Waals surface area contributed by atoms with Crippen LogP contribution in [0.4, 0.5) is 19.0 Å². The Kier molecular flexibility index (Phi) is 3.78. The minimum Gasteiger partial charge on any atom is -0.439 e. The van der Waals surface area contributed by atoms with Crippen molar-refractivity contribution in [2.75, 3.05) is 5.73 Å². The molecule has 0 radical (unpaired) electrons. The number of hydrogen-bond donors (Lipinski definition) is 1. The van der Waals surface area contributed by atoms with Crippen molar-refractivity contribution in [2.45, 2.75) is 19.5 Å². The molecular weight excluding hydrogens is 271 g/mol. The predicted molar refractivity (Wildman–Crippen MR) is 67.3 cm³/mol. The van der Waals surface area contributed by atoms with Gasteiger partial charge in [0, 0.05) is 0 Å². The van der Waals surface area contributed by atoms with Gasteiger partial charge in [0.05, 0.1) is 11.1 Å². The van der Waals surface area contributed by atoms with Crippen molar-refractivity contribution >= 4 is 5.82 Å². The number of ether oxygens (including phenoxy) is 1. The van der Waals surface area contributed by atoms with Crippen LogP contribution in [0, 0.1) is 0 Å². The number of aromatic nitrogens is 2. The molecule has 0 atom stereocenters. The minimum absolute atomic E-state index is 0.250. The lowest BCUT2D eigenvalue weighted by Crippen LogP contribution is -2.04. The number of nitrogens with zero attached hydrogens (tertiary/aromatic N) is 2. The molecule has 0 saturated heterocycles. The molecule has 7 heteroatoms. The number of alkyl halides is 3. The van der Waals surface area contributed by atoms with Gasteiger partial charge in [-0.25, -0.2) is 9.97 Å². The van der Waals surface area contributed by atoms with E-state index < -0.39 is 11.7 Å². The lowest BCUT2D eigenvalue weighted by atomic mass is 10.2. The summed E-state index contributed by atoms with van der Waals surface area (Å²) in [5, 5.41) is 0. The first-order valence-electron chi connectivity index (χ1n) is 5.86. The van der Waals surface area contributed by atoms with Gasteiger partial charge in [-0.1, -0.05) is 6.92 Å². The number of halogens is 3. The summed E-state index contributed by atoms with van der Waals surface area (Å²) in [7, 11) is 0. The molecule has 0 saturated carbocycles. The van der Waals surface area contributed by atoms with Crippen LogP contribution in [0.3, 0.4) is 0 Å². The molecule has 4 nitrogen and oxygen atoms in total.